The van der Waals surface area contributed by atoms with Crippen LogP contribution in [0.2, 0.25) is 5.04 Å². The van der Waals surface area contributed by atoms with Crippen LogP contribution in [-0.2, 0) is 14.7 Å². The molecule has 0 aliphatic carbocycles. The molecule has 3 rings (SSSR count). The number of unbranched alkanes of at least 4 members (excludes halogenated alkanes) is 1. The maximum Gasteiger partial charge on any atom is 0.345 e. The Labute approximate surface area is 215 Å². The maximum absolute atomic E-state index is 13.1. The van der Waals surface area contributed by atoms with Crippen LogP contribution in [-0.4, -0.2) is 37.3 Å². The predicted molar refractivity (Wildman–Crippen MR) is 148 cm³/mol. The lowest BCUT2D eigenvalue weighted by Gasteiger charge is -2.43. The minimum atomic E-state index is -2.67. The van der Waals surface area contributed by atoms with E-state index in [1.54, 1.807) is 0 Å². The number of aromatic nitrogens is 2. The highest BCUT2D eigenvalue weighted by atomic mass is 28.4. The molecule has 0 amide bonds. The van der Waals surface area contributed by atoms with E-state index in [0.29, 0.717) is 19.6 Å². The smallest absolute Gasteiger partial charge is 0.345 e. The Bertz CT molecular complexity index is 1140. The van der Waals surface area contributed by atoms with Gasteiger partial charge in [0.25, 0.3) is 13.9 Å². The molecule has 0 saturated heterocycles. The van der Waals surface area contributed by atoms with E-state index >= 15 is 0 Å². The topological polar surface area (TPSA) is 73.3 Å². The van der Waals surface area contributed by atoms with Gasteiger partial charge in [0, 0.05) is 12.8 Å². The van der Waals surface area contributed by atoms with E-state index in [1.165, 1.54) is 21.3 Å². The molecule has 36 heavy (non-hydrogen) atoms. The number of esters is 1. The van der Waals surface area contributed by atoms with Crippen molar-refractivity contribution >= 4 is 24.7 Å². The lowest BCUT2D eigenvalue weighted by molar-refractivity contribution is 0.0497. The number of rotatable bonds is 11. The van der Waals surface area contributed by atoms with Crippen molar-refractivity contribution < 1.29 is 14.0 Å². The molecule has 0 aliphatic heterocycles. The molecule has 3 aromatic rings. The third-order valence-corrected chi connectivity index (χ3v) is 11.8. The summed E-state index contributed by atoms with van der Waals surface area (Å²) in [5.74, 6) is -0.581. The fraction of sp³-hybridized carbons (Fsp3) is 0.448. The second-order valence-electron chi connectivity index (χ2n) is 10.9. The van der Waals surface area contributed by atoms with Gasteiger partial charge in [0.1, 0.15) is 5.56 Å². The highest BCUT2D eigenvalue weighted by molar-refractivity contribution is 6.99. The fourth-order valence-electron chi connectivity index (χ4n) is 4.68. The van der Waals surface area contributed by atoms with Crippen molar-refractivity contribution in [1.29, 1.82) is 0 Å². The summed E-state index contributed by atoms with van der Waals surface area (Å²) in [4.78, 5) is 25.4. The van der Waals surface area contributed by atoms with Crippen molar-refractivity contribution in [2.45, 2.75) is 71.4 Å². The van der Waals surface area contributed by atoms with Crippen LogP contribution >= 0.6 is 0 Å². The van der Waals surface area contributed by atoms with Crippen LogP contribution in [0.4, 0.5) is 0 Å². The van der Waals surface area contributed by atoms with Gasteiger partial charge < -0.3 is 14.3 Å². The number of benzene rings is 2. The van der Waals surface area contributed by atoms with E-state index < -0.39 is 19.8 Å². The number of nitrogens with zero attached hydrogens (tertiary/aromatic N) is 1. The van der Waals surface area contributed by atoms with E-state index in [0.717, 1.165) is 12.8 Å². The second kappa shape index (κ2) is 11.4. The molecule has 0 bridgehead atoms. The number of carbonyl (C=O) groups excluding carboxylic acids is 1. The molecule has 1 aromatic heterocycles. The van der Waals surface area contributed by atoms with Crippen LogP contribution in [0.15, 0.2) is 71.7 Å². The van der Waals surface area contributed by atoms with Gasteiger partial charge in [-0.05, 0) is 42.1 Å². The average molecular weight is 509 g/mol. The van der Waals surface area contributed by atoms with E-state index in [-0.39, 0.29) is 16.2 Å². The molecule has 0 spiro atoms. The first kappa shape index (κ1) is 27.7. The van der Waals surface area contributed by atoms with Gasteiger partial charge in [-0.1, -0.05) is 94.8 Å². The summed E-state index contributed by atoms with van der Waals surface area (Å²) < 4.78 is 13.8. The highest BCUT2D eigenvalue weighted by Crippen LogP contribution is 2.37. The fourth-order valence-corrected chi connectivity index (χ4v) is 9.24. The first-order chi connectivity index (χ1) is 17.0. The zero-order chi connectivity index (χ0) is 26.4. The minimum Gasteiger partial charge on any atom is -0.462 e. The molecule has 0 unspecified atom stereocenters. The van der Waals surface area contributed by atoms with Crippen LogP contribution in [0.1, 0.15) is 71.2 Å². The van der Waals surface area contributed by atoms with Gasteiger partial charge >= 0.3 is 5.97 Å². The Morgan fingerprint density at radius 1 is 0.917 bits per heavy atom. The summed E-state index contributed by atoms with van der Waals surface area (Å²) in [7, 11) is -2.67. The van der Waals surface area contributed by atoms with E-state index in [4.69, 9.17) is 9.16 Å². The monoisotopic (exact) mass is 508 g/mol. The van der Waals surface area contributed by atoms with Gasteiger partial charge in [-0.15, -0.1) is 0 Å². The SMILES string of the molecule is CCCCOC(=O)c1c[nH]n(C(C)(C)CCO[Si](c2ccccc2)(c2ccccc2)C(C)(C)C)c1=O. The van der Waals surface area contributed by atoms with Gasteiger partial charge in [-0.25, -0.2) is 9.48 Å². The summed E-state index contributed by atoms with van der Waals surface area (Å²) in [6, 6.07) is 21.0. The van der Waals surface area contributed by atoms with Gasteiger partial charge in [-0.2, -0.15) is 0 Å². The van der Waals surface area contributed by atoms with Crippen LogP contribution in [0.5, 0.6) is 0 Å². The molecule has 6 nitrogen and oxygen atoms in total. The van der Waals surface area contributed by atoms with E-state index in [1.807, 2.05) is 32.9 Å². The van der Waals surface area contributed by atoms with Crippen molar-refractivity contribution in [3.63, 3.8) is 0 Å². The number of carbonyl (C=O) groups is 1. The quantitative estimate of drug-likeness (QED) is 0.229. The average Bonchev–Trinajstić information content (AvgIpc) is 3.24. The Morgan fingerprint density at radius 3 is 1.97 bits per heavy atom. The van der Waals surface area contributed by atoms with Gasteiger partial charge in [0.05, 0.1) is 12.1 Å². The van der Waals surface area contributed by atoms with E-state index in [9.17, 15) is 9.59 Å². The summed E-state index contributed by atoms with van der Waals surface area (Å²) in [5.41, 5.74) is -0.927. The zero-order valence-electron chi connectivity index (χ0n) is 22.5. The summed E-state index contributed by atoms with van der Waals surface area (Å²) >= 11 is 0. The summed E-state index contributed by atoms with van der Waals surface area (Å²) in [6.45, 7) is 13.5. The largest absolute Gasteiger partial charge is 0.462 e. The van der Waals surface area contributed by atoms with Crippen molar-refractivity contribution in [2.24, 2.45) is 0 Å². The van der Waals surface area contributed by atoms with Crippen molar-refractivity contribution in [3.8, 4) is 0 Å². The number of nitrogens with one attached hydrogen (secondary N) is 1. The lowest BCUT2D eigenvalue weighted by Crippen LogP contribution is -2.66. The third kappa shape index (κ3) is 5.73. The van der Waals surface area contributed by atoms with Crippen molar-refractivity contribution in [1.82, 2.24) is 9.78 Å². The van der Waals surface area contributed by atoms with Crippen LogP contribution in [0.25, 0.3) is 0 Å². The number of hydrogen-bond donors (Lipinski definition) is 1. The molecule has 0 radical (unpaired) electrons. The zero-order valence-corrected chi connectivity index (χ0v) is 23.5. The molecule has 0 aliphatic rings. The second-order valence-corrected chi connectivity index (χ2v) is 15.2. The number of hydrogen-bond acceptors (Lipinski definition) is 4. The molecule has 0 atom stereocenters. The first-order valence-corrected chi connectivity index (χ1v) is 14.7. The number of aromatic amines is 1. The molecule has 1 heterocycles. The Morgan fingerprint density at radius 2 is 1.47 bits per heavy atom. The van der Waals surface area contributed by atoms with Crippen molar-refractivity contribution in [2.75, 3.05) is 13.2 Å². The van der Waals surface area contributed by atoms with Gasteiger partial charge in [0.15, 0.2) is 0 Å². The molecular formula is C29H40N2O4Si. The van der Waals surface area contributed by atoms with E-state index in [2.05, 4.69) is 74.4 Å². The van der Waals surface area contributed by atoms with Crippen molar-refractivity contribution in [3.05, 3.63) is 82.8 Å². The minimum absolute atomic E-state index is 0.0343. The summed E-state index contributed by atoms with van der Waals surface area (Å²) in [6.07, 6.45) is 3.72. The van der Waals surface area contributed by atoms with Crippen LogP contribution in [0, 0.1) is 0 Å². The molecule has 2 aromatic carbocycles. The first-order valence-electron chi connectivity index (χ1n) is 12.8. The van der Waals surface area contributed by atoms with Crippen LogP contribution < -0.4 is 15.9 Å². The van der Waals surface area contributed by atoms with Gasteiger partial charge in [-0.3, -0.25) is 4.79 Å². The molecule has 0 fully saturated rings. The standard InChI is InChI=1S/C29H40N2O4Si/c1-7-8-20-34-27(33)25-22-30-31(26(25)32)29(5,6)19-21-35-36(28(2,3)4,23-15-11-9-12-16-23)24-17-13-10-14-18-24/h9-18,22,30H,7-8,19-21H2,1-6H3. The Kier molecular flexibility index (Phi) is 8.79. The molecule has 7 heteroatoms. The summed E-state index contributed by atoms with van der Waals surface area (Å²) in [5, 5.41) is 5.30. The lowest BCUT2D eigenvalue weighted by atomic mass is 10.0. The Hall–Kier alpha value is -2.90. The number of H-pyrrole nitrogens is 1. The normalized spacial score (nSPS) is 12.5. The number of ether oxygens (including phenoxy) is 1. The van der Waals surface area contributed by atoms with Crippen LogP contribution in [0.3, 0.4) is 0 Å². The third-order valence-electron chi connectivity index (χ3n) is 6.78. The molecule has 0 saturated carbocycles. The Balaban J connectivity index is 1.87. The molecular weight excluding hydrogens is 468 g/mol. The van der Waals surface area contributed by atoms with Gasteiger partial charge in [0.2, 0.25) is 0 Å². The predicted octanol–water partition coefficient (Wildman–Crippen LogP) is 4.84. The molecule has 1 N–H and O–H groups in total. The molecule has 194 valence electrons. The highest BCUT2D eigenvalue weighted by Gasteiger charge is 2.50. The maximum atomic E-state index is 13.1.